The highest BCUT2D eigenvalue weighted by Gasteiger charge is 2.16. The number of benzene rings is 3. The molecule has 158 valence electrons. The third-order valence-electron chi connectivity index (χ3n) is 4.37. The molecule has 0 atom stereocenters. The monoisotopic (exact) mass is 550 g/mol. The summed E-state index contributed by atoms with van der Waals surface area (Å²) in [7, 11) is 0. The number of fused-ring (bicyclic) bond motifs is 1. The lowest BCUT2D eigenvalue weighted by molar-refractivity contribution is 0.317. The van der Waals surface area contributed by atoms with E-state index in [0.29, 0.717) is 43.7 Å². The minimum absolute atomic E-state index is 0.0439. The maximum Gasteiger partial charge on any atom is 0.230 e. The molecular formula is C22H14Br2F2N2O3. The lowest BCUT2D eigenvalue weighted by Crippen LogP contribution is -1.95. The van der Waals surface area contributed by atoms with E-state index in [1.165, 1.54) is 12.3 Å². The lowest BCUT2D eigenvalue weighted by atomic mass is 10.2. The van der Waals surface area contributed by atoms with Crippen molar-refractivity contribution in [2.45, 2.75) is 6.92 Å². The summed E-state index contributed by atoms with van der Waals surface area (Å²) in [4.78, 5) is 8.69. The average Bonchev–Trinajstić information content (AvgIpc) is 3.15. The fraction of sp³-hybridized carbons (Fsp3) is 0.0909. The van der Waals surface area contributed by atoms with Gasteiger partial charge in [-0.1, -0.05) is 0 Å². The van der Waals surface area contributed by atoms with Gasteiger partial charge in [0.05, 0.1) is 23.4 Å². The van der Waals surface area contributed by atoms with Crippen molar-refractivity contribution >= 4 is 54.9 Å². The second kappa shape index (κ2) is 8.76. The van der Waals surface area contributed by atoms with Crippen LogP contribution in [0.4, 0.5) is 14.5 Å². The Morgan fingerprint density at radius 3 is 2.71 bits per heavy atom. The van der Waals surface area contributed by atoms with Crippen molar-refractivity contribution in [2.75, 3.05) is 6.61 Å². The number of halogens is 4. The van der Waals surface area contributed by atoms with Gasteiger partial charge >= 0.3 is 0 Å². The zero-order valence-corrected chi connectivity index (χ0v) is 19.2. The Kier molecular flexibility index (Phi) is 6.06. The molecule has 4 rings (SSSR count). The molecule has 1 aromatic heterocycles. The molecule has 4 aromatic rings. The number of phenolic OH excluding ortho intramolecular Hbond substituents is 1. The van der Waals surface area contributed by atoms with Crippen molar-refractivity contribution in [1.82, 2.24) is 4.98 Å². The van der Waals surface area contributed by atoms with Crippen LogP contribution >= 0.6 is 31.9 Å². The topological polar surface area (TPSA) is 67.9 Å². The Morgan fingerprint density at radius 1 is 1.16 bits per heavy atom. The molecule has 0 aliphatic rings. The van der Waals surface area contributed by atoms with Crippen molar-refractivity contribution in [2.24, 2.45) is 4.99 Å². The first-order chi connectivity index (χ1) is 14.9. The second-order valence-electron chi connectivity index (χ2n) is 6.42. The molecule has 0 unspecified atom stereocenters. The molecule has 9 heteroatoms. The standard InChI is InChI=1S/C22H14Br2F2N2O3/c1-2-30-19-9-15(23)20(24)14(21(19)29)10-27-12-4-6-18-17(8-12)28-22(31-18)13-5-3-11(25)7-16(13)26/h3-10,29H,2H2,1H3. The van der Waals surface area contributed by atoms with Gasteiger partial charge < -0.3 is 14.3 Å². The van der Waals surface area contributed by atoms with Crippen LogP contribution in [0.3, 0.4) is 0 Å². The highest BCUT2D eigenvalue weighted by molar-refractivity contribution is 9.13. The Balaban J connectivity index is 1.69. The van der Waals surface area contributed by atoms with E-state index in [-0.39, 0.29) is 17.2 Å². The summed E-state index contributed by atoms with van der Waals surface area (Å²) in [5.74, 6) is -1.11. The van der Waals surface area contributed by atoms with Crippen molar-refractivity contribution in [3.63, 3.8) is 0 Å². The van der Waals surface area contributed by atoms with E-state index in [0.717, 1.165) is 12.1 Å². The first-order valence-electron chi connectivity index (χ1n) is 9.11. The van der Waals surface area contributed by atoms with Crippen molar-refractivity contribution in [3.8, 4) is 23.0 Å². The third kappa shape index (κ3) is 4.33. The number of oxazole rings is 1. The highest BCUT2D eigenvalue weighted by Crippen LogP contribution is 2.40. The summed E-state index contributed by atoms with van der Waals surface area (Å²) in [5, 5.41) is 10.5. The van der Waals surface area contributed by atoms with E-state index in [9.17, 15) is 13.9 Å². The number of ether oxygens (including phenoxy) is 1. The van der Waals surface area contributed by atoms with E-state index in [4.69, 9.17) is 9.15 Å². The average molecular weight is 552 g/mol. The quantitative estimate of drug-likeness (QED) is 0.267. The molecule has 0 saturated carbocycles. The van der Waals surface area contributed by atoms with Crippen LogP contribution < -0.4 is 4.74 Å². The molecule has 1 heterocycles. The highest BCUT2D eigenvalue weighted by atomic mass is 79.9. The number of rotatable bonds is 5. The Hall–Kier alpha value is -2.78. The maximum atomic E-state index is 14.0. The van der Waals surface area contributed by atoms with Crippen LogP contribution in [0.15, 0.2) is 60.8 Å². The Labute approximate surface area is 192 Å². The van der Waals surface area contributed by atoms with E-state index in [2.05, 4.69) is 41.8 Å². The van der Waals surface area contributed by atoms with Crippen LogP contribution in [-0.2, 0) is 0 Å². The van der Waals surface area contributed by atoms with Gasteiger partial charge in [-0.05, 0) is 75.2 Å². The van der Waals surface area contributed by atoms with Crippen molar-refractivity contribution < 1.29 is 23.0 Å². The van der Waals surface area contributed by atoms with Gasteiger partial charge in [-0.25, -0.2) is 13.8 Å². The molecule has 0 amide bonds. The van der Waals surface area contributed by atoms with E-state index < -0.39 is 11.6 Å². The molecule has 0 bridgehead atoms. The summed E-state index contributed by atoms with van der Waals surface area (Å²) < 4.78 is 39.6. The summed E-state index contributed by atoms with van der Waals surface area (Å²) in [5.41, 5.74) is 1.93. The molecule has 0 aliphatic heterocycles. The minimum Gasteiger partial charge on any atom is -0.504 e. The van der Waals surface area contributed by atoms with E-state index in [1.807, 2.05) is 6.92 Å². The van der Waals surface area contributed by atoms with Gasteiger partial charge in [0.25, 0.3) is 0 Å². The van der Waals surface area contributed by atoms with Gasteiger partial charge in [0.15, 0.2) is 17.1 Å². The predicted molar refractivity (Wildman–Crippen MR) is 121 cm³/mol. The number of aromatic nitrogens is 1. The maximum absolute atomic E-state index is 14.0. The molecule has 0 saturated heterocycles. The van der Waals surface area contributed by atoms with Crippen molar-refractivity contribution in [1.29, 1.82) is 0 Å². The SMILES string of the molecule is CCOc1cc(Br)c(Br)c(C=Nc2ccc3oc(-c4ccc(F)cc4F)nc3c2)c1O. The Bertz CT molecular complexity index is 1320. The van der Waals surface area contributed by atoms with Gasteiger partial charge in [0.2, 0.25) is 5.89 Å². The number of aliphatic imine (C=N–C) groups is 1. The number of phenols is 1. The zero-order chi connectivity index (χ0) is 22.1. The molecule has 3 aromatic carbocycles. The molecular weight excluding hydrogens is 538 g/mol. The number of hydrogen-bond donors (Lipinski definition) is 1. The molecule has 0 fully saturated rings. The number of aromatic hydroxyl groups is 1. The normalized spacial score (nSPS) is 11.5. The summed E-state index contributed by atoms with van der Waals surface area (Å²) in [6.45, 7) is 2.22. The van der Waals surface area contributed by atoms with Crippen LogP contribution in [0, 0.1) is 11.6 Å². The molecule has 0 radical (unpaired) electrons. The summed E-state index contributed by atoms with van der Waals surface area (Å²) in [6.07, 6.45) is 1.49. The third-order valence-corrected chi connectivity index (χ3v) is 6.38. The number of nitrogens with zero attached hydrogens (tertiary/aromatic N) is 2. The van der Waals surface area contributed by atoms with E-state index >= 15 is 0 Å². The second-order valence-corrected chi connectivity index (χ2v) is 8.07. The molecule has 31 heavy (non-hydrogen) atoms. The lowest BCUT2D eigenvalue weighted by Gasteiger charge is -2.11. The molecule has 0 aliphatic carbocycles. The number of hydrogen-bond acceptors (Lipinski definition) is 5. The van der Waals surface area contributed by atoms with Gasteiger partial charge in [-0.2, -0.15) is 0 Å². The fourth-order valence-electron chi connectivity index (χ4n) is 2.91. The van der Waals surface area contributed by atoms with Crippen LogP contribution in [0.25, 0.3) is 22.6 Å². The molecule has 0 spiro atoms. The summed E-state index contributed by atoms with van der Waals surface area (Å²) >= 11 is 6.85. The molecule has 1 N–H and O–H groups in total. The first-order valence-corrected chi connectivity index (χ1v) is 10.7. The van der Waals surface area contributed by atoms with Gasteiger partial charge in [0, 0.05) is 21.2 Å². The van der Waals surface area contributed by atoms with E-state index in [1.54, 1.807) is 24.3 Å². The van der Waals surface area contributed by atoms with Crippen LogP contribution in [0.2, 0.25) is 0 Å². The Morgan fingerprint density at radius 2 is 1.97 bits per heavy atom. The van der Waals surface area contributed by atoms with Gasteiger partial charge in [0.1, 0.15) is 17.2 Å². The van der Waals surface area contributed by atoms with Gasteiger partial charge in [-0.3, -0.25) is 4.99 Å². The fourth-order valence-corrected chi connectivity index (χ4v) is 3.73. The van der Waals surface area contributed by atoms with Gasteiger partial charge in [-0.15, -0.1) is 0 Å². The first kappa shape index (κ1) is 21.5. The smallest absolute Gasteiger partial charge is 0.230 e. The largest absolute Gasteiger partial charge is 0.504 e. The minimum atomic E-state index is -0.759. The predicted octanol–water partition coefficient (Wildman–Crippen LogP) is 7.15. The van der Waals surface area contributed by atoms with Crippen LogP contribution in [-0.4, -0.2) is 22.9 Å². The van der Waals surface area contributed by atoms with Crippen molar-refractivity contribution in [3.05, 3.63) is 68.6 Å². The van der Waals surface area contributed by atoms with Crippen LogP contribution in [0.5, 0.6) is 11.5 Å². The molecule has 5 nitrogen and oxygen atoms in total. The van der Waals surface area contributed by atoms with Crippen LogP contribution in [0.1, 0.15) is 12.5 Å². The zero-order valence-electron chi connectivity index (χ0n) is 16.0. The summed E-state index contributed by atoms with van der Waals surface area (Å²) in [6, 6.07) is 9.87.